The van der Waals surface area contributed by atoms with E-state index < -0.39 is 6.10 Å². The van der Waals surface area contributed by atoms with E-state index in [1.807, 2.05) is 11.5 Å². The number of aromatic nitrogens is 4. The third kappa shape index (κ3) is 5.82. The van der Waals surface area contributed by atoms with E-state index >= 15 is 0 Å². The average Bonchev–Trinajstić information content (AvgIpc) is 3.27. The number of thioether (sulfide) groups is 1. The molecule has 0 radical (unpaired) electrons. The molecule has 8 nitrogen and oxygen atoms in total. The highest BCUT2D eigenvalue weighted by atomic mass is 32.2. The van der Waals surface area contributed by atoms with Gasteiger partial charge in [0.15, 0.2) is 22.9 Å². The lowest BCUT2D eigenvalue weighted by Gasteiger charge is -2.17. The first-order chi connectivity index (χ1) is 14.3. The van der Waals surface area contributed by atoms with E-state index in [2.05, 4.69) is 34.5 Å². The van der Waals surface area contributed by atoms with Crippen LogP contribution in [0.25, 0.3) is 0 Å². The number of anilines is 1. The summed E-state index contributed by atoms with van der Waals surface area (Å²) in [6.07, 6.45) is -0.400. The van der Waals surface area contributed by atoms with Crippen LogP contribution in [0.15, 0.2) is 40.0 Å². The zero-order chi connectivity index (χ0) is 21.7. The molecule has 1 N–H and O–H groups in total. The molecular formula is C20H24FN5O3S. The van der Waals surface area contributed by atoms with Crippen LogP contribution in [0.4, 0.5) is 10.2 Å². The molecule has 0 aliphatic carbocycles. The topological polar surface area (TPSA) is 95.1 Å². The largest absolute Gasteiger partial charge is 0.483 e. The van der Waals surface area contributed by atoms with Crippen LogP contribution < -0.4 is 10.1 Å². The van der Waals surface area contributed by atoms with Gasteiger partial charge in [-0.25, -0.2) is 4.39 Å². The van der Waals surface area contributed by atoms with Gasteiger partial charge in [-0.15, -0.1) is 10.2 Å². The molecule has 2 heterocycles. The molecule has 10 heteroatoms. The SMILES string of the molecule is Cc1cc(NC(=O)CSc2nnc(C(C)Oc3ccc(F)cc3)n2CC(C)C)no1. The Morgan fingerprint density at radius 1 is 1.27 bits per heavy atom. The number of hydrogen-bond acceptors (Lipinski definition) is 7. The second kappa shape index (κ2) is 9.75. The quantitative estimate of drug-likeness (QED) is 0.504. The summed E-state index contributed by atoms with van der Waals surface area (Å²) in [6, 6.07) is 7.48. The fourth-order valence-electron chi connectivity index (χ4n) is 2.75. The monoisotopic (exact) mass is 433 g/mol. The Balaban J connectivity index is 1.69. The van der Waals surface area contributed by atoms with Gasteiger partial charge >= 0.3 is 0 Å². The van der Waals surface area contributed by atoms with Crippen molar-refractivity contribution in [1.82, 2.24) is 19.9 Å². The van der Waals surface area contributed by atoms with Crippen LogP contribution in [0.2, 0.25) is 0 Å². The van der Waals surface area contributed by atoms with Crippen molar-refractivity contribution in [3.8, 4) is 5.75 Å². The summed E-state index contributed by atoms with van der Waals surface area (Å²) in [6.45, 7) is 8.46. The summed E-state index contributed by atoms with van der Waals surface area (Å²) in [5, 5.41) is 15.6. The minimum atomic E-state index is -0.400. The molecule has 3 rings (SSSR count). The van der Waals surface area contributed by atoms with E-state index in [4.69, 9.17) is 9.26 Å². The van der Waals surface area contributed by atoms with Gasteiger partial charge in [0.05, 0.1) is 5.75 Å². The van der Waals surface area contributed by atoms with Crippen LogP contribution in [0.1, 0.15) is 38.5 Å². The van der Waals surface area contributed by atoms with E-state index in [0.717, 1.165) is 0 Å². The third-order valence-corrected chi connectivity index (χ3v) is 4.98. The van der Waals surface area contributed by atoms with Gasteiger partial charge in [0.1, 0.15) is 17.3 Å². The number of carbonyl (C=O) groups excluding carboxylic acids is 1. The molecule has 0 saturated heterocycles. The number of rotatable bonds is 9. The second-order valence-corrected chi connectivity index (χ2v) is 8.16. The second-order valence-electron chi connectivity index (χ2n) is 7.22. The summed E-state index contributed by atoms with van der Waals surface area (Å²) >= 11 is 1.28. The van der Waals surface area contributed by atoms with E-state index in [-0.39, 0.29) is 17.5 Å². The molecule has 1 aromatic carbocycles. The summed E-state index contributed by atoms with van der Waals surface area (Å²) < 4.78 is 25.9. The lowest BCUT2D eigenvalue weighted by Crippen LogP contribution is -2.17. The predicted octanol–water partition coefficient (Wildman–Crippen LogP) is 4.24. The van der Waals surface area contributed by atoms with E-state index in [9.17, 15) is 9.18 Å². The van der Waals surface area contributed by atoms with Crippen molar-refractivity contribution in [3.63, 3.8) is 0 Å². The minimum Gasteiger partial charge on any atom is -0.483 e. The van der Waals surface area contributed by atoms with Crippen LogP contribution in [-0.4, -0.2) is 31.6 Å². The molecule has 1 amide bonds. The average molecular weight is 434 g/mol. The minimum absolute atomic E-state index is 0.148. The molecule has 0 aliphatic rings. The maximum absolute atomic E-state index is 13.1. The van der Waals surface area contributed by atoms with Gasteiger partial charge in [-0.3, -0.25) is 4.79 Å². The Morgan fingerprint density at radius 2 is 2.00 bits per heavy atom. The van der Waals surface area contributed by atoms with Gasteiger partial charge in [0.2, 0.25) is 5.91 Å². The maximum Gasteiger partial charge on any atom is 0.236 e. The number of nitrogens with zero attached hydrogens (tertiary/aromatic N) is 4. The fourth-order valence-corrected chi connectivity index (χ4v) is 3.50. The van der Waals surface area contributed by atoms with Gasteiger partial charge < -0.3 is 19.1 Å². The van der Waals surface area contributed by atoms with Crippen LogP contribution in [0.3, 0.4) is 0 Å². The maximum atomic E-state index is 13.1. The summed E-state index contributed by atoms with van der Waals surface area (Å²) in [5.74, 6) is 2.13. The van der Waals surface area contributed by atoms with Gasteiger partial charge in [0, 0.05) is 12.6 Å². The van der Waals surface area contributed by atoms with Crippen molar-refractivity contribution in [2.24, 2.45) is 5.92 Å². The smallest absolute Gasteiger partial charge is 0.236 e. The van der Waals surface area contributed by atoms with Crippen molar-refractivity contribution in [3.05, 3.63) is 47.7 Å². The Morgan fingerprint density at radius 3 is 2.63 bits per heavy atom. The van der Waals surface area contributed by atoms with Crippen molar-refractivity contribution >= 4 is 23.5 Å². The highest BCUT2D eigenvalue weighted by molar-refractivity contribution is 7.99. The Bertz CT molecular complexity index is 987. The Kier molecular flexibility index (Phi) is 7.09. The highest BCUT2D eigenvalue weighted by Crippen LogP contribution is 2.26. The standard InChI is InChI=1S/C20H24FN5O3S/c1-12(2)10-26-19(14(4)28-16-7-5-15(21)6-8-16)23-24-20(26)30-11-18(27)22-17-9-13(3)29-25-17/h5-9,12,14H,10-11H2,1-4H3,(H,22,25,27). The van der Waals surface area contributed by atoms with Gasteiger partial charge in [-0.05, 0) is 44.0 Å². The molecule has 0 saturated carbocycles. The molecule has 0 bridgehead atoms. The zero-order valence-electron chi connectivity index (χ0n) is 17.3. The van der Waals surface area contributed by atoms with Crippen LogP contribution in [-0.2, 0) is 11.3 Å². The summed E-state index contributed by atoms with van der Waals surface area (Å²) in [5.41, 5.74) is 0. The number of aryl methyl sites for hydroxylation is 1. The molecule has 2 aromatic heterocycles. The first-order valence-electron chi connectivity index (χ1n) is 9.53. The molecule has 1 unspecified atom stereocenters. The van der Waals surface area contributed by atoms with Crippen LogP contribution >= 0.6 is 11.8 Å². The normalized spacial score (nSPS) is 12.2. The van der Waals surface area contributed by atoms with Crippen LogP contribution in [0, 0.1) is 18.7 Å². The van der Waals surface area contributed by atoms with E-state index in [1.165, 1.54) is 23.9 Å². The highest BCUT2D eigenvalue weighted by Gasteiger charge is 2.21. The molecular weight excluding hydrogens is 409 g/mol. The number of ether oxygens (including phenoxy) is 1. The molecule has 30 heavy (non-hydrogen) atoms. The van der Waals surface area contributed by atoms with Gasteiger partial charge in [-0.1, -0.05) is 30.8 Å². The zero-order valence-corrected chi connectivity index (χ0v) is 18.1. The number of benzene rings is 1. The molecule has 1 atom stereocenters. The lowest BCUT2D eigenvalue weighted by atomic mass is 10.2. The Labute approximate surface area is 178 Å². The third-order valence-electron chi connectivity index (χ3n) is 4.01. The first-order valence-corrected chi connectivity index (χ1v) is 10.5. The first kappa shape index (κ1) is 21.8. The van der Waals surface area contributed by atoms with Crippen molar-refractivity contribution in [2.45, 2.75) is 45.5 Å². The van der Waals surface area contributed by atoms with Crippen molar-refractivity contribution < 1.29 is 18.4 Å². The number of hydrogen-bond donors (Lipinski definition) is 1. The molecule has 0 aliphatic heterocycles. The van der Waals surface area contributed by atoms with Gasteiger partial charge in [-0.2, -0.15) is 0 Å². The fraction of sp³-hybridized carbons (Fsp3) is 0.400. The number of carbonyl (C=O) groups is 1. The molecule has 0 fully saturated rings. The van der Waals surface area contributed by atoms with Crippen LogP contribution in [0.5, 0.6) is 5.75 Å². The number of amides is 1. The predicted molar refractivity (Wildman–Crippen MR) is 111 cm³/mol. The van der Waals surface area contributed by atoms with Gasteiger partial charge in [0.25, 0.3) is 0 Å². The van der Waals surface area contributed by atoms with Crippen molar-refractivity contribution in [2.75, 3.05) is 11.1 Å². The lowest BCUT2D eigenvalue weighted by molar-refractivity contribution is -0.113. The number of nitrogens with one attached hydrogen (secondary N) is 1. The number of halogens is 1. The molecule has 160 valence electrons. The van der Waals surface area contributed by atoms with E-state index in [1.54, 1.807) is 25.1 Å². The van der Waals surface area contributed by atoms with Crippen molar-refractivity contribution in [1.29, 1.82) is 0 Å². The Hall–Kier alpha value is -2.88. The molecule has 3 aromatic rings. The summed E-state index contributed by atoms with van der Waals surface area (Å²) in [4.78, 5) is 12.2. The van der Waals surface area contributed by atoms with E-state index in [0.29, 0.717) is 40.8 Å². The summed E-state index contributed by atoms with van der Waals surface area (Å²) in [7, 11) is 0. The molecule has 0 spiro atoms.